The van der Waals surface area contributed by atoms with Crippen molar-refractivity contribution in [2.24, 2.45) is 0 Å². The lowest BCUT2D eigenvalue weighted by molar-refractivity contribution is 0.397. The van der Waals surface area contributed by atoms with Crippen molar-refractivity contribution in [3.8, 4) is 0 Å². The number of aromatic amines is 1. The van der Waals surface area contributed by atoms with Gasteiger partial charge in [-0.15, -0.1) is 0 Å². The third-order valence-corrected chi connectivity index (χ3v) is 3.22. The van der Waals surface area contributed by atoms with Crippen LogP contribution in [-0.2, 0) is 11.0 Å². The summed E-state index contributed by atoms with van der Waals surface area (Å²) in [5.41, 5.74) is 2.97. The standard InChI is InChI=1S/C15H22N2O/c1-14(2,3)10-7-8-12-11(9-10)16-13(18)17(12)15(4,5)6/h7-9H,1-6H3,(H,16,18). The summed E-state index contributed by atoms with van der Waals surface area (Å²) in [6, 6.07) is 6.23. The first kappa shape index (κ1) is 12.9. The van der Waals surface area contributed by atoms with Crippen LogP contribution in [0.3, 0.4) is 0 Å². The molecular formula is C15H22N2O. The highest BCUT2D eigenvalue weighted by molar-refractivity contribution is 5.76. The molecule has 0 aliphatic rings. The summed E-state index contributed by atoms with van der Waals surface area (Å²) >= 11 is 0. The van der Waals surface area contributed by atoms with Gasteiger partial charge in [-0.1, -0.05) is 26.8 Å². The van der Waals surface area contributed by atoms with Gasteiger partial charge in [0.2, 0.25) is 0 Å². The second-order valence-electron chi connectivity index (χ2n) is 6.92. The molecule has 0 spiro atoms. The molecule has 0 radical (unpaired) electrons. The monoisotopic (exact) mass is 246 g/mol. The van der Waals surface area contributed by atoms with Gasteiger partial charge in [0.1, 0.15) is 0 Å². The fourth-order valence-electron chi connectivity index (χ4n) is 2.24. The minimum absolute atomic E-state index is 0.0384. The summed E-state index contributed by atoms with van der Waals surface area (Å²) in [7, 11) is 0. The van der Waals surface area contributed by atoms with Crippen LogP contribution >= 0.6 is 0 Å². The summed E-state index contributed by atoms with van der Waals surface area (Å²) < 4.78 is 1.81. The number of hydrogen-bond donors (Lipinski definition) is 1. The molecule has 0 unspecified atom stereocenters. The Morgan fingerprint density at radius 3 is 2.17 bits per heavy atom. The molecule has 0 saturated heterocycles. The molecule has 0 atom stereocenters. The molecule has 0 fully saturated rings. The molecule has 2 rings (SSSR count). The Morgan fingerprint density at radius 2 is 1.67 bits per heavy atom. The molecule has 2 aromatic rings. The average Bonchev–Trinajstić information content (AvgIpc) is 2.49. The lowest BCUT2D eigenvalue weighted by atomic mass is 9.87. The van der Waals surface area contributed by atoms with Crippen LogP contribution in [-0.4, -0.2) is 9.55 Å². The Hall–Kier alpha value is -1.51. The Kier molecular flexibility index (Phi) is 2.69. The third-order valence-electron chi connectivity index (χ3n) is 3.22. The van der Waals surface area contributed by atoms with Gasteiger partial charge in [0.05, 0.1) is 11.0 Å². The Balaban J connectivity index is 2.74. The predicted octanol–water partition coefficient (Wildman–Crippen LogP) is 3.38. The van der Waals surface area contributed by atoms with Crippen molar-refractivity contribution in [1.29, 1.82) is 0 Å². The molecule has 1 aromatic carbocycles. The molecule has 1 aromatic heterocycles. The van der Waals surface area contributed by atoms with Gasteiger partial charge in [-0.05, 0) is 43.9 Å². The quantitative estimate of drug-likeness (QED) is 0.760. The molecule has 18 heavy (non-hydrogen) atoms. The normalized spacial score (nSPS) is 13.2. The van der Waals surface area contributed by atoms with Gasteiger partial charge in [0.25, 0.3) is 0 Å². The van der Waals surface area contributed by atoms with Crippen LogP contribution in [0.2, 0.25) is 0 Å². The molecule has 3 nitrogen and oxygen atoms in total. The van der Waals surface area contributed by atoms with Crippen LogP contribution in [0.5, 0.6) is 0 Å². The highest BCUT2D eigenvalue weighted by Gasteiger charge is 2.21. The molecule has 0 amide bonds. The van der Waals surface area contributed by atoms with Gasteiger partial charge in [0.15, 0.2) is 0 Å². The second-order valence-corrected chi connectivity index (χ2v) is 6.92. The van der Waals surface area contributed by atoms with Crippen molar-refractivity contribution >= 4 is 11.0 Å². The largest absolute Gasteiger partial charge is 0.326 e. The fourth-order valence-corrected chi connectivity index (χ4v) is 2.24. The van der Waals surface area contributed by atoms with Crippen molar-refractivity contribution in [3.63, 3.8) is 0 Å². The number of benzene rings is 1. The SMILES string of the molecule is CC(C)(C)c1ccc2c(c1)[nH]c(=O)n2C(C)(C)C. The summed E-state index contributed by atoms with van der Waals surface area (Å²) in [5.74, 6) is 0. The van der Waals surface area contributed by atoms with E-state index in [1.54, 1.807) is 0 Å². The third kappa shape index (κ3) is 2.09. The van der Waals surface area contributed by atoms with Crippen molar-refractivity contribution in [2.45, 2.75) is 52.5 Å². The highest BCUT2D eigenvalue weighted by atomic mass is 16.1. The molecule has 0 bridgehead atoms. The number of hydrogen-bond acceptors (Lipinski definition) is 1. The maximum atomic E-state index is 12.1. The van der Waals surface area contributed by atoms with E-state index in [2.05, 4.69) is 37.9 Å². The van der Waals surface area contributed by atoms with E-state index in [-0.39, 0.29) is 16.6 Å². The molecule has 0 aliphatic heterocycles. The zero-order chi connectivity index (χ0) is 13.7. The van der Waals surface area contributed by atoms with E-state index in [0.29, 0.717) is 0 Å². The number of imidazole rings is 1. The van der Waals surface area contributed by atoms with Crippen LogP contribution < -0.4 is 5.69 Å². The van der Waals surface area contributed by atoms with E-state index in [4.69, 9.17) is 0 Å². The zero-order valence-corrected chi connectivity index (χ0v) is 12.1. The summed E-state index contributed by atoms with van der Waals surface area (Å²) in [6.45, 7) is 12.6. The molecule has 1 N–H and O–H groups in total. The number of aromatic nitrogens is 2. The van der Waals surface area contributed by atoms with Crippen molar-refractivity contribution in [2.75, 3.05) is 0 Å². The number of fused-ring (bicyclic) bond motifs is 1. The minimum atomic E-state index is -0.210. The van der Waals surface area contributed by atoms with E-state index in [0.717, 1.165) is 11.0 Å². The molecule has 3 heteroatoms. The molecule has 98 valence electrons. The van der Waals surface area contributed by atoms with E-state index in [1.165, 1.54) is 5.56 Å². The predicted molar refractivity (Wildman–Crippen MR) is 76.3 cm³/mol. The van der Waals surface area contributed by atoms with E-state index in [1.807, 2.05) is 31.4 Å². The van der Waals surface area contributed by atoms with Gasteiger partial charge >= 0.3 is 5.69 Å². The topological polar surface area (TPSA) is 37.8 Å². The molecule has 0 aliphatic carbocycles. The van der Waals surface area contributed by atoms with Crippen molar-refractivity contribution in [1.82, 2.24) is 9.55 Å². The number of nitrogens with one attached hydrogen (secondary N) is 1. The Labute approximate surface area is 108 Å². The summed E-state index contributed by atoms with van der Waals surface area (Å²) in [6.07, 6.45) is 0. The first-order valence-corrected chi connectivity index (χ1v) is 6.36. The number of H-pyrrole nitrogens is 1. The van der Waals surface area contributed by atoms with Gasteiger partial charge in [-0.25, -0.2) is 4.79 Å². The maximum absolute atomic E-state index is 12.1. The van der Waals surface area contributed by atoms with Gasteiger partial charge in [0, 0.05) is 5.54 Å². The minimum Gasteiger partial charge on any atom is -0.306 e. The lowest BCUT2D eigenvalue weighted by Gasteiger charge is -2.22. The Morgan fingerprint density at radius 1 is 1.06 bits per heavy atom. The molecule has 1 heterocycles. The summed E-state index contributed by atoms with van der Waals surface area (Å²) in [4.78, 5) is 15.0. The van der Waals surface area contributed by atoms with E-state index < -0.39 is 0 Å². The summed E-state index contributed by atoms with van der Waals surface area (Å²) in [5, 5.41) is 0. The van der Waals surface area contributed by atoms with Gasteiger partial charge in [-0.3, -0.25) is 4.57 Å². The van der Waals surface area contributed by atoms with Crippen LogP contribution in [0.4, 0.5) is 0 Å². The van der Waals surface area contributed by atoms with Gasteiger partial charge < -0.3 is 4.98 Å². The van der Waals surface area contributed by atoms with Crippen LogP contribution in [0, 0.1) is 0 Å². The van der Waals surface area contributed by atoms with Crippen LogP contribution in [0.15, 0.2) is 23.0 Å². The van der Waals surface area contributed by atoms with E-state index >= 15 is 0 Å². The first-order chi connectivity index (χ1) is 8.10. The fraction of sp³-hybridized carbons (Fsp3) is 0.533. The Bertz CT molecular complexity index is 633. The van der Waals surface area contributed by atoms with Crippen LogP contribution in [0.1, 0.15) is 47.1 Å². The van der Waals surface area contributed by atoms with Gasteiger partial charge in [-0.2, -0.15) is 0 Å². The average molecular weight is 246 g/mol. The molecule has 0 saturated carbocycles. The lowest BCUT2D eigenvalue weighted by Crippen LogP contribution is -2.31. The zero-order valence-electron chi connectivity index (χ0n) is 12.1. The molecular weight excluding hydrogens is 224 g/mol. The first-order valence-electron chi connectivity index (χ1n) is 6.36. The van der Waals surface area contributed by atoms with E-state index in [9.17, 15) is 4.79 Å². The maximum Gasteiger partial charge on any atom is 0.326 e. The second kappa shape index (κ2) is 3.74. The number of nitrogens with zero attached hydrogens (tertiary/aromatic N) is 1. The van der Waals surface area contributed by atoms with Crippen molar-refractivity contribution < 1.29 is 0 Å². The smallest absolute Gasteiger partial charge is 0.306 e. The highest BCUT2D eigenvalue weighted by Crippen LogP contribution is 2.26. The van der Waals surface area contributed by atoms with Crippen molar-refractivity contribution in [3.05, 3.63) is 34.2 Å². The van der Waals surface area contributed by atoms with Crippen LogP contribution in [0.25, 0.3) is 11.0 Å². The number of rotatable bonds is 0.